The van der Waals surface area contributed by atoms with E-state index in [2.05, 4.69) is 5.32 Å². The first-order chi connectivity index (χ1) is 9.47. The van der Waals surface area contributed by atoms with Crippen molar-refractivity contribution < 1.29 is 14.3 Å². The fourth-order valence-corrected chi connectivity index (χ4v) is 1.97. The van der Waals surface area contributed by atoms with Crippen LogP contribution in [0.2, 0.25) is 5.02 Å². The summed E-state index contributed by atoms with van der Waals surface area (Å²) in [5.41, 5.74) is 0.913. The van der Waals surface area contributed by atoms with Gasteiger partial charge in [0.25, 0.3) is 5.91 Å². The first kappa shape index (κ1) is 14.3. The Bertz CT molecular complexity index is 628. The maximum Gasteiger partial charge on any atom is 0.255 e. The summed E-state index contributed by atoms with van der Waals surface area (Å²) in [6.45, 7) is 1.78. The Balaban J connectivity index is 2.13. The molecule has 2 aromatic carbocycles. The number of benzene rings is 2. The van der Waals surface area contributed by atoms with Crippen molar-refractivity contribution in [3.63, 3.8) is 0 Å². The zero-order valence-electron chi connectivity index (χ0n) is 10.7. The minimum Gasteiger partial charge on any atom is -0.507 e. The van der Waals surface area contributed by atoms with Gasteiger partial charge in [0.05, 0.1) is 11.6 Å². The van der Waals surface area contributed by atoms with Crippen LogP contribution in [-0.4, -0.2) is 11.0 Å². The van der Waals surface area contributed by atoms with E-state index in [1.165, 1.54) is 30.3 Å². The number of aromatic hydroxyl groups is 1. The molecular formula is C15H13ClFNO2. The van der Waals surface area contributed by atoms with Crippen molar-refractivity contribution in [1.29, 1.82) is 0 Å². The number of halogens is 2. The number of carbonyl (C=O) groups is 1. The van der Waals surface area contributed by atoms with E-state index in [9.17, 15) is 14.3 Å². The quantitative estimate of drug-likeness (QED) is 0.907. The molecule has 104 valence electrons. The van der Waals surface area contributed by atoms with Gasteiger partial charge in [0.2, 0.25) is 0 Å². The Kier molecular flexibility index (Phi) is 4.25. The van der Waals surface area contributed by atoms with Crippen LogP contribution in [0, 0.1) is 5.82 Å². The summed E-state index contributed by atoms with van der Waals surface area (Å²) in [6.07, 6.45) is 0. The van der Waals surface area contributed by atoms with Crippen molar-refractivity contribution in [3.8, 4) is 5.75 Å². The molecule has 2 rings (SSSR count). The van der Waals surface area contributed by atoms with Gasteiger partial charge in [-0.1, -0.05) is 23.7 Å². The third-order valence-electron chi connectivity index (χ3n) is 2.92. The van der Waals surface area contributed by atoms with Crippen molar-refractivity contribution >= 4 is 17.5 Å². The van der Waals surface area contributed by atoms with Crippen molar-refractivity contribution in [3.05, 3.63) is 64.4 Å². The van der Waals surface area contributed by atoms with Gasteiger partial charge in [-0.15, -0.1) is 0 Å². The van der Waals surface area contributed by atoms with Crippen LogP contribution < -0.4 is 5.32 Å². The van der Waals surface area contributed by atoms with Gasteiger partial charge in [-0.2, -0.15) is 0 Å². The van der Waals surface area contributed by atoms with Gasteiger partial charge in [-0.05, 0) is 42.8 Å². The SMILES string of the molecule is CC(NC(=O)c1ccc(Cl)cc1O)c1ccc(F)cc1. The van der Waals surface area contributed by atoms with Crippen LogP contribution in [0.25, 0.3) is 0 Å². The minimum absolute atomic E-state index is 0.142. The molecule has 20 heavy (non-hydrogen) atoms. The van der Waals surface area contributed by atoms with E-state index in [4.69, 9.17) is 11.6 Å². The molecule has 0 aliphatic carbocycles. The molecule has 0 aliphatic heterocycles. The molecule has 0 saturated heterocycles. The second-order valence-electron chi connectivity index (χ2n) is 4.41. The molecule has 0 aromatic heterocycles. The number of amides is 1. The van der Waals surface area contributed by atoms with Gasteiger partial charge in [-0.3, -0.25) is 4.79 Å². The molecule has 1 amide bonds. The molecule has 0 spiro atoms. The number of hydrogen-bond donors (Lipinski definition) is 2. The Morgan fingerprint density at radius 1 is 1.25 bits per heavy atom. The first-order valence-corrected chi connectivity index (χ1v) is 6.40. The lowest BCUT2D eigenvalue weighted by molar-refractivity contribution is 0.0937. The van der Waals surface area contributed by atoms with E-state index in [1.807, 2.05) is 0 Å². The van der Waals surface area contributed by atoms with Gasteiger partial charge in [0, 0.05) is 5.02 Å². The van der Waals surface area contributed by atoms with Crippen LogP contribution in [0.5, 0.6) is 5.75 Å². The van der Waals surface area contributed by atoms with Crippen LogP contribution in [0.3, 0.4) is 0 Å². The zero-order valence-corrected chi connectivity index (χ0v) is 11.5. The summed E-state index contributed by atoms with van der Waals surface area (Å²) in [7, 11) is 0. The van der Waals surface area contributed by atoms with Gasteiger partial charge >= 0.3 is 0 Å². The van der Waals surface area contributed by atoms with Crippen LogP contribution in [0.4, 0.5) is 4.39 Å². The van der Waals surface area contributed by atoms with E-state index in [1.54, 1.807) is 19.1 Å². The molecule has 0 aliphatic rings. The van der Waals surface area contributed by atoms with Crippen molar-refractivity contribution in [2.45, 2.75) is 13.0 Å². The predicted octanol–water partition coefficient (Wildman–Crippen LogP) is 3.68. The third kappa shape index (κ3) is 3.27. The molecular weight excluding hydrogens is 281 g/mol. The van der Waals surface area contributed by atoms with Crippen molar-refractivity contribution in [1.82, 2.24) is 5.32 Å². The lowest BCUT2D eigenvalue weighted by Crippen LogP contribution is -2.26. The van der Waals surface area contributed by atoms with Crippen LogP contribution >= 0.6 is 11.6 Å². The summed E-state index contributed by atoms with van der Waals surface area (Å²) < 4.78 is 12.8. The maximum atomic E-state index is 12.8. The predicted molar refractivity (Wildman–Crippen MR) is 75.4 cm³/mol. The molecule has 0 fully saturated rings. The number of hydrogen-bond acceptors (Lipinski definition) is 2. The Morgan fingerprint density at radius 3 is 2.50 bits per heavy atom. The van der Waals surface area contributed by atoms with Crippen molar-refractivity contribution in [2.24, 2.45) is 0 Å². The third-order valence-corrected chi connectivity index (χ3v) is 3.16. The summed E-state index contributed by atoms with van der Waals surface area (Å²) >= 11 is 5.71. The van der Waals surface area contributed by atoms with Crippen LogP contribution in [0.1, 0.15) is 28.9 Å². The van der Waals surface area contributed by atoms with Gasteiger partial charge in [0.15, 0.2) is 0 Å². The number of nitrogens with one attached hydrogen (secondary N) is 1. The Morgan fingerprint density at radius 2 is 1.90 bits per heavy atom. The molecule has 1 atom stereocenters. The lowest BCUT2D eigenvalue weighted by atomic mass is 10.1. The number of phenols is 1. The Labute approximate surface area is 121 Å². The number of rotatable bonds is 3. The second kappa shape index (κ2) is 5.92. The topological polar surface area (TPSA) is 49.3 Å². The van der Waals surface area contributed by atoms with E-state index in [-0.39, 0.29) is 23.2 Å². The summed E-state index contributed by atoms with van der Waals surface area (Å²) in [5.74, 6) is -0.931. The highest BCUT2D eigenvalue weighted by atomic mass is 35.5. The fraction of sp³-hybridized carbons (Fsp3) is 0.133. The molecule has 0 radical (unpaired) electrons. The molecule has 5 heteroatoms. The summed E-state index contributed by atoms with van der Waals surface area (Å²) in [4.78, 5) is 12.0. The highest BCUT2D eigenvalue weighted by molar-refractivity contribution is 6.30. The molecule has 2 N–H and O–H groups in total. The standard InChI is InChI=1S/C15H13ClFNO2/c1-9(10-2-5-12(17)6-3-10)18-15(20)13-7-4-11(16)8-14(13)19/h2-9,19H,1H3,(H,18,20). The lowest BCUT2D eigenvalue weighted by Gasteiger charge is -2.15. The first-order valence-electron chi connectivity index (χ1n) is 6.02. The van der Waals surface area contributed by atoms with E-state index in [0.717, 1.165) is 5.56 Å². The van der Waals surface area contributed by atoms with E-state index < -0.39 is 5.91 Å². The molecule has 3 nitrogen and oxygen atoms in total. The zero-order chi connectivity index (χ0) is 14.7. The van der Waals surface area contributed by atoms with Gasteiger partial charge in [-0.25, -0.2) is 4.39 Å². The summed E-state index contributed by atoms with van der Waals surface area (Å²) in [5, 5.41) is 12.8. The smallest absolute Gasteiger partial charge is 0.255 e. The van der Waals surface area contributed by atoms with Gasteiger partial charge < -0.3 is 10.4 Å². The largest absolute Gasteiger partial charge is 0.507 e. The van der Waals surface area contributed by atoms with Crippen LogP contribution in [0.15, 0.2) is 42.5 Å². The normalized spacial score (nSPS) is 11.9. The number of phenolic OH excluding ortho intramolecular Hbond substituents is 1. The van der Waals surface area contributed by atoms with E-state index >= 15 is 0 Å². The second-order valence-corrected chi connectivity index (χ2v) is 4.84. The molecule has 0 saturated carbocycles. The Hall–Kier alpha value is -2.07. The number of carbonyl (C=O) groups excluding carboxylic acids is 1. The minimum atomic E-state index is -0.420. The highest BCUT2D eigenvalue weighted by Gasteiger charge is 2.15. The van der Waals surface area contributed by atoms with Gasteiger partial charge in [0.1, 0.15) is 11.6 Å². The molecule has 0 bridgehead atoms. The van der Waals surface area contributed by atoms with Crippen molar-refractivity contribution in [2.75, 3.05) is 0 Å². The molecule has 1 unspecified atom stereocenters. The van der Waals surface area contributed by atoms with E-state index in [0.29, 0.717) is 5.02 Å². The molecule has 2 aromatic rings. The fourth-order valence-electron chi connectivity index (χ4n) is 1.81. The average Bonchev–Trinajstić information content (AvgIpc) is 2.39. The summed E-state index contributed by atoms with van der Waals surface area (Å²) in [6, 6.07) is 9.83. The maximum absolute atomic E-state index is 12.8. The van der Waals surface area contributed by atoms with Crippen LogP contribution in [-0.2, 0) is 0 Å². The molecule has 0 heterocycles. The highest BCUT2D eigenvalue weighted by Crippen LogP contribution is 2.22. The average molecular weight is 294 g/mol. The monoisotopic (exact) mass is 293 g/mol.